The average molecular weight is 257 g/mol. The van der Waals surface area contributed by atoms with Gasteiger partial charge in [-0.2, -0.15) is 0 Å². The predicted octanol–water partition coefficient (Wildman–Crippen LogP) is 0.197. The summed E-state index contributed by atoms with van der Waals surface area (Å²) in [7, 11) is 0. The van der Waals surface area contributed by atoms with E-state index < -0.39 is 6.04 Å². The second kappa shape index (κ2) is 7.71. The van der Waals surface area contributed by atoms with E-state index >= 15 is 0 Å². The first kappa shape index (κ1) is 15.4. The molecule has 106 valence electrons. The fourth-order valence-electron chi connectivity index (χ4n) is 2.23. The van der Waals surface area contributed by atoms with Crippen LogP contribution < -0.4 is 11.1 Å². The summed E-state index contributed by atoms with van der Waals surface area (Å²) in [6.45, 7) is 10.3. The third kappa shape index (κ3) is 5.33. The molecular weight excluding hydrogens is 230 g/mol. The summed E-state index contributed by atoms with van der Waals surface area (Å²) in [6, 6.07) is -0.0500. The Morgan fingerprint density at radius 1 is 1.33 bits per heavy atom. The van der Waals surface area contributed by atoms with Crippen LogP contribution in [0, 0.1) is 5.92 Å². The fraction of sp³-hybridized carbons (Fsp3) is 0.923. The average Bonchev–Trinajstić information content (AvgIpc) is 2.34. The van der Waals surface area contributed by atoms with Crippen molar-refractivity contribution in [1.82, 2.24) is 10.2 Å². The number of rotatable bonds is 6. The standard InChI is InChI=1S/C13H27N3O2/c1-10(2)8-12(9-15-13(17)11(3)14)16-4-6-18-7-5-16/h10-12H,4-9,14H2,1-3H3,(H,15,17). The molecule has 0 radical (unpaired) electrons. The van der Waals surface area contributed by atoms with E-state index in [1.54, 1.807) is 6.92 Å². The van der Waals surface area contributed by atoms with Crippen LogP contribution in [0.5, 0.6) is 0 Å². The molecule has 0 aliphatic carbocycles. The second-order valence-electron chi connectivity index (χ2n) is 5.47. The maximum Gasteiger partial charge on any atom is 0.236 e. The Bertz CT molecular complexity index is 251. The van der Waals surface area contributed by atoms with Gasteiger partial charge in [-0.25, -0.2) is 0 Å². The summed E-state index contributed by atoms with van der Waals surface area (Å²) >= 11 is 0. The highest BCUT2D eigenvalue weighted by molar-refractivity contribution is 5.80. The Hall–Kier alpha value is -0.650. The summed E-state index contributed by atoms with van der Waals surface area (Å²) < 4.78 is 5.37. The van der Waals surface area contributed by atoms with Crippen LogP contribution >= 0.6 is 0 Å². The zero-order valence-corrected chi connectivity index (χ0v) is 11.8. The molecule has 1 aliphatic heterocycles. The number of carbonyl (C=O) groups is 1. The molecule has 3 N–H and O–H groups in total. The van der Waals surface area contributed by atoms with E-state index in [4.69, 9.17) is 10.5 Å². The Kier molecular flexibility index (Phi) is 6.60. The molecule has 0 aromatic heterocycles. The van der Waals surface area contributed by atoms with Gasteiger partial charge >= 0.3 is 0 Å². The van der Waals surface area contributed by atoms with Crippen molar-refractivity contribution in [3.8, 4) is 0 Å². The van der Waals surface area contributed by atoms with Crippen LogP contribution in [0.2, 0.25) is 0 Å². The van der Waals surface area contributed by atoms with Crippen LogP contribution in [-0.2, 0) is 9.53 Å². The van der Waals surface area contributed by atoms with Gasteiger partial charge in [0.2, 0.25) is 5.91 Å². The number of nitrogens with one attached hydrogen (secondary N) is 1. The van der Waals surface area contributed by atoms with E-state index in [9.17, 15) is 4.79 Å². The Balaban J connectivity index is 2.46. The van der Waals surface area contributed by atoms with Gasteiger partial charge < -0.3 is 15.8 Å². The molecule has 2 unspecified atom stereocenters. The quantitative estimate of drug-likeness (QED) is 0.713. The van der Waals surface area contributed by atoms with Gasteiger partial charge in [0.1, 0.15) is 0 Å². The summed E-state index contributed by atoms with van der Waals surface area (Å²) in [5.41, 5.74) is 5.56. The molecule has 18 heavy (non-hydrogen) atoms. The number of amides is 1. The zero-order chi connectivity index (χ0) is 13.5. The second-order valence-corrected chi connectivity index (χ2v) is 5.47. The minimum atomic E-state index is -0.436. The summed E-state index contributed by atoms with van der Waals surface area (Å²) in [4.78, 5) is 13.9. The van der Waals surface area contributed by atoms with Crippen LogP contribution in [0.15, 0.2) is 0 Å². The first-order valence-electron chi connectivity index (χ1n) is 6.85. The fourth-order valence-corrected chi connectivity index (χ4v) is 2.23. The molecular formula is C13H27N3O2. The number of hydrogen-bond donors (Lipinski definition) is 2. The third-order valence-electron chi connectivity index (χ3n) is 3.23. The van der Waals surface area contributed by atoms with E-state index in [1.165, 1.54) is 0 Å². The lowest BCUT2D eigenvalue weighted by Gasteiger charge is -2.35. The van der Waals surface area contributed by atoms with Crippen molar-refractivity contribution in [2.75, 3.05) is 32.8 Å². The summed E-state index contributed by atoms with van der Waals surface area (Å²) in [5, 5.41) is 2.94. The summed E-state index contributed by atoms with van der Waals surface area (Å²) in [5.74, 6) is 0.544. The lowest BCUT2D eigenvalue weighted by atomic mass is 10.0. The van der Waals surface area contributed by atoms with Crippen LogP contribution in [-0.4, -0.2) is 55.7 Å². The van der Waals surface area contributed by atoms with Crippen LogP contribution in [0.25, 0.3) is 0 Å². The lowest BCUT2D eigenvalue weighted by Crippen LogP contribution is -2.51. The topological polar surface area (TPSA) is 67.6 Å². The Labute approximate surface area is 110 Å². The lowest BCUT2D eigenvalue weighted by molar-refractivity contribution is -0.122. The van der Waals surface area contributed by atoms with Gasteiger partial charge in [0.05, 0.1) is 19.3 Å². The molecule has 1 aliphatic rings. The molecule has 1 fully saturated rings. The number of hydrogen-bond acceptors (Lipinski definition) is 4. The number of morpholine rings is 1. The van der Waals surface area contributed by atoms with Gasteiger partial charge in [-0.05, 0) is 19.3 Å². The van der Waals surface area contributed by atoms with E-state index in [2.05, 4.69) is 24.1 Å². The molecule has 2 atom stereocenters. The molecule has 1 rings (SSSR count). The highest BCUT2D eigenvalue weighted by Crippen LogP contribution is 2.12. The number of nitrogens with zero attached hydrogens (tertiary/aromatic N) is 1. The van der Waals surface area contributed by atoms with Crippen LogP contribution in [0.3, 0.4) is 0 Å². The van der Waals surface area contributed by atoms with E-state index in [1.807, 2.05) is 0 Å². The number of carbonyl (C=O) groups excluding carboxylic acids is 1. The molecule has 1 heterocycles. The molecule has 5 nitrogen and oxygen atoms in total. The Morgan fingerprint density at radius 3 is 2.44 bits per heavy atom. The molecule has 0 bridgehead atoms. The summed E-state index contributed by atoms with van der Waals surface area (Å²) in [6.07, 6.45) is 1.08. The number of nitrogens with two attached hydrogens (primary N) is 1. The van der Waals surface area contributed by atoms with Crippen molar-refractivity contribution in [2.45, 2.75) is 39.3 Å². The molecule has 1 saturated heterocycles. The number of ether oxygens (including phenoxy) is 1. The predicted molar refractivity (Wildman–Crippen MR) is 72.3 cm³/mol. The van der Waals surface area contributed by atoms with Crippen LogP contribution in [0.1, 0.15) is 27.2 Å². The first-order valence-corrected chi connectivity index (χ1v) is 6.85. The minimum absolute atomic E-state index is 0.0722. The van der Waals surface area contributed by atoms with Gasteiger partial charge in [-0.1, -0.05) is 13.8 Å². The van der Waals surface area contributed by atoms with Gasteiger partial charge in [0.25, 0.3) is 0 Å². The van der Waals surface area contributed by atoms with Gasteiger partial charge in [0.15, 0.2) is 0 Å². The van der Waals surface area contributed by atoms with Crippen LogP contribution in [0.4, 0.5) is 0 Å². The van der Waals surface area contributed by atoms with Gasteiger partial charge in [-0.3, -0.25) is 9.69 Å². The van der Waals surface area contributed by atoms with Crippen molar-refractivity contribution in [2.24, 2.45) is 11.7 Å². The Morgan fingerprint density at radius 2 is 1.94 bits per heavy atom. The van der Waals surface area contributed by atoms with Crippen molar-refractivity contribution >= 4 is 5.91 Å². The van der Waals surface area contributed by atoms with E-state index in [-0.39, 0.29) is 5.91 Å². The van der Waals surface area contributed by atoms with Crippen molar-refractivity contribution in [1.29, 1.82) is 0 Å². The van der Waals surface area contributed by atoms with Crippen molar-refractivity contribution in [3.05, 3.63) is 0 Å². The minimum Gasteiger partial charge on any atom is -0.379 e. The van der Waals surface area contributed by atoms with Gasteiger partial charge in [0, 0.05) is 25.7 Å². The maximum absolute atomic E-state index is 11.5. The largest absolute Gasteiger partial charge is 0.379 e. The first-order chi connectivity index (χ1) is 8.50. The molecule has 1 amide bonds. The molecule has 0 spiro atoms. The third-order valence-corrected chi connectivity index (χ3v) is 3.23. The van der Waals surface area contributed by atoms with Crippen molar-refractivity contribution in [3.63, 3.8) is 0 Å². The molecule has 0 aromatic carbocycles. The highest BCUT2D eigenvalue weighted by Gasteiger charge is 2.22. The highest BCUT2D eigenvalue weighted by atomic mass is 16.5. The molecule has 5 heteroatoms. The zero-order valence-electron chi connectivity index (χ0n) is 11.8. The smallest absolute Gasteiger partial charge is 0.236 e. The maximum atomic E-state index is 11.5. The van der Waals surface area contributed by atoms with Crippen molar-refractivity contribution < 1.29 is 9.53 Å². The SMILES string of the molecule is CC(C)CC(CNC(=O)C(C)N)N1CCOCC1. The molecule has 0 saturated carbocycles. The van der Waals surface area contributed by atoms with E-state index in [0.29, 0.717) is 18.5 Å². The van der Waals surface area contributed by atoms with Gasteiger partial charge in [-0.15, -0.1) is 0 Å². The normalized spacial score (nSPS) is 20.7. The van der Waals surface area contributed by atoms with E-state index in [0.717, 1.165) is 32.7 Å². The molecule has 0 aromatic rings. The monoisotopic (exact) mass is 257 g/mol.